The molecule has 1 spiro atoms. The highest BCUT2D eigenvalue weighted by molar-refractivity contribution is 6.30. The van der Waals surface area contributed by atoms with Gasteiger partial charge in [-0.1, -0.05) is 50.9 Å². The van der Waals surface area contributed by atoms with E-state index in [-0.39, 0.29) is 23.8 Å². The van der Waals surface area contributed by atoms with E-state index in [0.29, 0.717) is 62.5 Å². The third-order valence-electron chi connectivity index (χ3n) is 14.7. The highest BCUT2D eigenvalue weighted by Gasteiger charge is 2.67. The van der Waals surface area contributed by atoms with Gasteiger partial charge in [0.2, 0.25) is 0 Å². The van der Waals surface area contributed by atoms with Gasteiger partial charge in [-0.15, -0.1) is 0 Å². The number of halogens is 1. The highest BCUT2D eigenvalue weighted by Crippen LogP contribution is 2.69. The zero-order valence-corrected chi connectivity index (χ0v) is 35.0. The average Bonchev–Trinajstić information content (AvgIpc) is 3.59. The topological polar surface area (TPSA) is 91.3 Å². The van der Waals surface area contributed by atoms with E-state index < -0.39 is 11.6 Å². The fraction of sp³-hybridized carbons (Fsp3) is 0.660. The Labute approximate surface area is 333 Å². The van der Waals surface area contributed by atoms with Crippen molar-refractivity contribution in [3.63, 3.8) is 0 Å². The number of fused-ring (bicyclic) bond motifs is 7. The molecule has 2 heterocycles. The Kier molecular flexibility index (Phi) is 11.2. The molecular formula is C47H63ClO7. The molecule has 4 aliphatic carbocycles. The summed E-state index contributed by atoms with van der Waals surface area (Å²) in [6.07, 6.45) is 13.4. The van der Waals surface area contributed by atoms with Gasteiger partial charge >= 0.3 is 5.97 Å². The summed E-state index contributed by atoms with van der Waals surface area (Å²) in [5.41, 5.74) is 2.42. The first-order valence-electron chi connectivity index (χ1n) is 21.0. The zero-order chi connectivity index (χ0) is 39.5. The van der Waals surface area contributed by atoms with Crippen molar-refractivity contribution in [3.05, 3.63) is 76.3 Å². The lowest BCUT2D eigenvalue weighted by atomic mass is 9.48. The van der Waals surface area contributed by atoms with Crippen LogP contribution < -0.4 is 4.74 Å². The number of carbonyl (C=O) groups excluding carboxylic acids is 2. The number of allylic oxidation sites excluding steroid dienone is 2. The van der Waals surface area contributed by atoms with Gasteiger partial charge in [0.25, 0.3) is 0 Å². The van der Waals surface area contributed by atoms with Crippen molar-refractivity contribution in [3.8, 4) is 5.75 Å². The summed E-state index contributed by atoms with van der Waals surface area (Å²) in [6.45, 7) is 17.6. The Morgan fingerprint density at radius 3 is 2.24 bits per heavy atom. The lowest BCUT2D eigenvalue weighted by Crippen LogP contribution is -2.50. The minimum Gasteiger partial charge on any atom is -0.476 e. The molecule has 5 fully saturated rings. The molecule has 1 N–H and O–H groups in total. The van der Waals surface area contributed by atoms with Crippen LogP contribution in [0.3, 0.4) is 0 Å². The van der Waals surface area contributed by atoms with Crippen molar-refractivity contribution in [2.45, 2.75) is 143 Å². The van der Waals surface area contributed by atoms with Crippen LogP contribution in [-0.4, -0.2) is 53.2 Å². The smallest absolute Gasteiger partial charge is 0.350 e. The number of hydrogen-bond donors (Lipinski definition) is 1. The SMILES string of the molecule is CC(C)OC(=O)C(C)(C)Oc1ccc(C(=O)c2ccc(Cl)cc2)cc1.CC1CCC2(OC1)OC1CC3C4CCC5CC(O)CCC5(C)C4=CCC3(C)C1C2C. The van der Waals surface area contributed by atoms with Crippen LogP contribution in [0.4, 0.5) is 0 Å². The molecule has 0 bridgehead atoms. The van der Waals surface area contributed by atoms with Gasteiger partial charge in [-0.2, -0.15) is 0 Å². The molecule has 11 atom stereocenters. The minimum absolute atomic E-state index is 0.0661. The van der Waals surface area contributed by atoms with Crippen molar-refractivity contribution in [1.29, 1.82) is 0 Å². The van der Waals surface area contributed by atoms with Crippen LogP contribution in [0, 0.1) is 46.3 Å². The van der Waals surface area contributed by atoms with Gasteiger partial charge in [0, 0.05) is 28.5 Å². The minimum atomic E-state index is -1.12. The van der Waals surface area contributed by atoms with Crippen molar-refractivity contribution in [2.24, 2.45) is 46.3 Å². The Bertz CT molecular complexity index is 1740. The first-order valence-corrected chi connectivity index (χ1v) is 21.3. The molecule has 0 aromatic heterocycles. The zero-order valence-electron chi connectivity index (χ0n) is 34.2. The summed E-state index contributed by atoms with van der Waals surface area (Å²) >= 11 is 5.84. The van der Waals surface area contributed by atoms with Crippen LogP contribution in [0.1, 0.15) is 129 Å². The van der Waals surface area contributed by atoms with Crippen molar-refractivity contribution in [1.82, 2.24) is 0 Å². The maximum Gasteiger partial charge on any atom is 0.350 e. The largest absolute Gasteiger partial charge is 0.476 e. The average molecular weight is 775 g/mol. The number of ketones is 1. The Balaban J connectivity index is 0.000000173. The van der Waals surface area contributed by atoms with Crippen LogP contribution in [0.25, 0.3) is 0 Å². The van der Waals surface area contributed by atoms with E-state index in [1.54, 1.807) is 81.8 Å². The second kappa shape index (κ2) is 15.2. The summed E-state index contributed by atoms with van der Waals surface area (Å²) in [4.78, 5) is 24.5. The van der Waals surface area contributed by atoms with Gasteiger partial charge in [0.05, 0.1) is 24.9 Å². The van der Waals surface area contributed by atoms with Crippen LogP contribution in [0.2, 0.25) is 5.02 Å². The standard InChI is InChI=1S/C27H42O3.C20H21ClO4/c1-16-7-12-27(29-15-16)17(2)24-23(30-27)14-22-20-6-5-18-13-19(28)8-10-25(18,3)21(20)9-11-26(22,24)4;1-13(2)24-19(23)20(3,4)25-17-11-7-15(8-12-17)18(22)14-5-9-16(21)10-6-14/h9,16-20,22-24,28H,5-8,10-15H2,1-4H3;5-13H,1-4H3. The second-order valence-corrected chi connectivity index (χ2v) is 19.5. The number of esters is 1. The molecule has 300 valence electrons. The number of aliphatic hydroxyl groups excluding tert-OH is 1. The normalized spacial score (nSPS) is 37.8. The molecule has 0 amide bonds. The third kappa shape index (κ3) is 7.57. The lowest BCUT2D eigenvalue weighted by Gasteiger charge is -2.57. The van der Waals surface area contributed by atoms with E-state index in [1.807, 2.05) is 0 Å². The van der Waals surface area contributed by atoms with Gasteiger partial charge in [0.1, 0.15) is 5.75 Å². The molecule has 11 unspecified atom stereocenters. The molecular weight excluding hydrogens is 712 g/mol. The molecule has 0 radical (unpaired) electrons. The number of hydrogen-bond acceptors (Lipinski definition) is 7. The van der Waals surface area contributed by atoms with Crippen LogP contribution >= 0.6 is 11.6 Å². The van der Waals surface area contributed by atoms with Gasteiger partial charge in [-0.3, -0.25) is 4.79 Å². The molecule has 6 aliphatic rings. The maximum absolute atomic E-state index is 12.4. The summed E-state index contributed by atoms with van der Waals surface area (Å²) in [5, 5.41) is 10.9. The van der Waals surface area contributed by atoms with E-state index in [4.69, 9.17) is 30.5 Å². The molecule has 8 rings (SSSR count). The lowest BCUT2D eigenvalue weighted by molar-refractivity contribution is -0.272. The number of ether oxygens (including phenoxy) is 4. The molecule has 2 aromatic carbocycles. The summed E-state index contributed by atoms with van der Waals surface area (Å²) in [7, 11) is 0. The maximum atomic E-state index is 12.4. The van der Waals surface area contributed by atoms with Crippen molar-refractivity contribution < 1.29 is 33.6 Å². The summed E-state index contributed by atoms with van der Waals surface area (Å²) in [6, 6.07) is 13.4. The van der Waals surface area contributed by atoms with Gasteiger partial charge in [-0.05, 0) is 168 Å². The molecule has 2 aromatic rings. The Hall–Kier alpha value is -2.71. The molecule has 55 heavy (non-hydrogen) atoms. The first kappa shape index (κ1) is 40.5. The van der Waals surface area contributed by atoms with Crippen LogP contribution in [-0.2, 0) is 19.0 Å². The molecule has 3 saturated carbocycles. The second-order valence-electron chi connectivity index (χ2n) is 19.1. The van der Waals surface area contributed by atoms with Crippen LogP contribution in [0.15, 0.2) is 60.2 Å². The van der Waals surface area contributed by atoms with E-state index >= 15 is 0 Å². The Morgan fingerprint density at radius 1 is 0.927 bits per heavy atom. The highest BCUT2D eigenvalue weighted by atomic mass is 35.5. The fourth-order valence-electron chi connectivity index (χ4n) is 11.7. The van der Waals surface area contributed by atoms with E-state index in [2.05, 4.69) is 33.8 Å². The van der Waals surface area contributed by atoms with E-state index in [1.165, 1.54) is 38.5 Å². The number of benzene rings is 2. The van der Waals surface area contributed by atoms with E-state index in [9.17, 15) is 14.7 Å². The molecule has 2 saturated heterocycles. The molecule has 7 nitrogen and oxygen atoms in total. The van der Waals surface area contributed by atoms with E-state index in [0.717, 1.165) is 37.7 Å². The van der Waals surface area contributed by atoms with Crippen molar-refractivity contribution >= 4 is 23.4 Å². The fourth-order valence-corrected chi connectivity index (χ4v) is 11.8. The van der Waals surface area contributed by atoms with Gasteiger partial charge in [0.15, 0.2) is 17.2 Å². The number of aliphatic hydroxyl groups is 1. The number of carbonyl (C=O) groups is 2. The quantitative estimate of drug-likeness (QED) is 0.178. The molecule has 2 aliphatic heterocycles. The van der Waals surface area contributed by atoms with Crippen molar-refractivity contribution in [2.75, 3.05) is 6.61 Å². The molecule has 8 heteroatoms. The first-order chi connectivity index (χ1) is 26.0. The summed E-state index contributed by atoms with van der Waals surface area (Å²) in [5.74, 6) is 3.62. The predicted octanol–water partition coefficient (Wildman–Crippen LogP) is 10.4. The van der Waals surface area contributed by atoms with Gasteiger partial charge in [-0.25, -0.2) is 4.79 Å². The number of rotatable bonds is 6. The third-order valence-corrected chi connectivity index (χ3v) is 14.9. The predicted molar refractivity (Wildman–Crippen MR) is 215 cm³/mol. The monoisotopic (exact) mass is 774 g/mol. The van der Waals surface area contributed by atoms with Gasteiger partial charge < -0.3 is 24.1 Å². The summed E-state index contributed by atoms with van der Waals surface area (Å²) < 4.78 is 24.2. The van der Waals surface area contributed by atoms with Crippen LogP contribution in [0.5, 0.6) is 5.75 Å². The Morgan fingerprint density at radius 2 is 1.60 bits per heavy atom.